The van der Waals surface area contributed by atoms with Crippen LogP contribution in [0.25, 0.3) is 176 Å². The number of anilines is 12. The lowest BCUT2D eigenvalue weighted by molar-refractivity contribution is 0.668. The normalized spacial score (nSPS) is 11.7. The molecule has 4 aromatic heterocycles. The van der Waals surface area contributed by atoms with Gasteiger partial charge in [-0.05, 0) is 276 Å². The highest BCUT2D eigenvalue weighted by molar-refractivity contribution is 6.27. The third kappa shape index (κ3) is 13.2. The largest absolute Gasteiger partial charge is 0.456 e. The van der Waals surface area contributed by atoms with Crippen LogP contribution < -0.4 is 19.6 Å². The summed E-state index contributed by atoms with van der Waals surface area (Å²) in [5, 5.41) is 21.0. The molecule has 0 bridgehead atoms. The Morgan fingerprint density at radius 1 is 0.189 bits per heavy atom. The van der Waals surface area contributed by atoms with E-state index in [0.717, 1.165) is 184 Å². The summed E-state index contributed by atoms with van der Waals surface area (Å²) in [7, 11) is 0. The first-order valence-electron chi connectivity index (χ1n) is 44.8. The van der Waals surface area contributed by atoms with Gasteiger partial charge in [0.05, 0.1) is 16.7 Å². The van der Waals surface area contributed by atoms with E-state index in [-0.39, 0.29) is 0 Å². The lowest BCUT2D eigenvalue weighted by atomic mass is 9.90. The highest BCUT2D eigenvalue weighted by Crippen LogP contribution is 2.52. The number of para-hydroxylation sites is 7. The van der Waals surface area contributed by atoms with Crippen molar-refractivity contribution in [3.63, 3.8) is 0 Å². The molecule has 0 aliphatic rings. The average Bonchev–Trinajstić information content (AvgIpc) is 1.67. The highest BCUT2D eigenvalue weighted by atomic mass is 16.3. The first kappa shape index (κ1) is 76.7. The maximum Gasteiger partial charge on any atom is 0.138 e. The first-order valence-corrected chi connectivity index (χ1v) is 44.8. The second-order valence-corrected chi connectivity index (χ2v) is 33.9. The maximum absolute atomic E-state index is 7.23. The summed E-state index contributed by atoms with van der Waals surface area (Å²) in [4.78, 5) is 9.29. The van der Waals surface area contributed by atoms with Gasteiger partial charge in [0.15, 0.2) is 0 Å². The van der Waals surface area contributed by atoms with Crippen molar-refractivity contribution in [3.05, 3.63) is 485 Å². The topological polar surface area (TPSA) is 57.3 Å². The van der Waals surface area contributed by atoms with Crippen LogP contribution in [-0.4, -0.2) is 4.57 Å². The monoisotopic (exact) mass is 1690 g/mol. The molecule has 0 N–H and O–H groups in total. The molecule has 0 atom stereocenters. The molecule has 0 fully saturated rings. The summed E-state index contributed by atoms with van der Waals surface area (Å²) in [5.74, 6) is 0. The summed E-state index contributed by atoms with van der Waals surface area (Å²) in [6.07, 6.45) is 1.91. The molecule has 0 saturated carbocycles. The molecular formula is C124H81N5O3. The van der Waals surface area contributed by atoms with Crippen LogP contribution in [0, 0.1) is 0 Å². The van der Waals surface area contributed by atoms with Crippen molar-refractivity contribution in [1.82, 2.24) is 4.57 Å². The molecule has 26 rings (SSSR count). The molecule has 132 heavy (non-hydrogen) atoms. The molecule has 0 aliphatic heterocycles. The summed E-state index contributed by atoms with van der Waals surface area (Å²) >= 11 is 0. The van der Waals surface area contributed by atoms with E-state index in [0.29, 0.717) is 0 Å². The SMILES string of the molecule is C=Cc1cccc(-c2ccc3c(c2)c2cc(N(c4ccccc4)c4cc(-c5cc6ccccc6c6ccccc56)c5c(c4)oc4cc(N(c6ccccc6)c6ccccc6)ccc45)ccc2n3-c2ccccc2)c1.c1ccc(N(c2ccccc2)c2ccc3c(c2)oc2cc(N(c4ccc5oc6ccccc6c5c4)c4ccc5c6ccccc6c6ccccc6c5c4)ccc23)cc1. The average molecular weight is 1690 g/mol. The lowest BCUT2D eigenvalue weighted by Gasteiger charge is -2.26. The zero-order chi connectivity index (χ0) is 87.3. The molecule has 0 radical (unpaired) electrons. The summed E-state index contributed by atoms with van der Waals surface area (Å²) in [5.41, 5.74) is 26.5. The van der Waals surface area contributed by atoms with Crippen LogP contribution in [0.4, 0.5) is 68.2 Å². The van der Waals surface area contributed by atoms with Gasteiger partial charge in [0.1, 0.15) is 33.5 Å². The number of benzene rings is 22. The quantitative estimate of drug-likeness (QED) is 0.0894. The van der Waals surface area contributed by atoms with Gasteiger partial charge in [0.25, 0.3) is 0 Å². The van der Waals surface area contributed by atoms with Crippen molar-refractivity contribution in [2.45, 2.75) is 0 Å². The van der Waals surface area contributed by atoms with Crippen molar-refractivity contribution in [2.75, 3.05) is 19.6 Å². The Bertz CT molecular complexity index is 8900. The minimum absolute atomic E-state index is 0.807. The van der Waals surface area contributed by atoms with Gasteiger partial charge in [-0.1, -0.05) is 267 Å². The number of furan rings is 3. The molecule has 0 aliphatic carbocycles. The molecule has 22 aromatic carbocycles. The van der Waals surface area contributed by atoms with Crippen molar-refractivity contribution < 1.29 is 13.3 Å². The number of fused-ring (bicyclic) bond motifs is 21. The fraction of sp³-hybridized carbons (Fsp3) is 0. The van der Waals surface area contributed by atoms with Crippen LogP contribution in [0.2, 0.25) is 0 Å². The van der Waals surface area contributed by atoms with E-state index in [1.807, 2.05) is 30.3 Å². The van der Waals surface area contributed by atoms with Crippen molar-refractivity contribution in [3.8, 4) is 27.9 Å². The van der Waals surface area contributed by atoms with Crippen LogP contribution in [0.15, 0.2) is 493 Å². The summed E-state index contributed by atoms with van der Waals surface area (Å²) in [6.45, 7) is 4.06. The van der Waals surface area contributed by atoms with Crippen LogP contribution >= 0.6 is 0 Å². The van der Waals surface area contributed by atoms with Gasteiger partial charge in [0, 0.05) is 136 Å². The van der Waals surface area contributed by atoms with E-state index in [9.17, 15) is 0 Å². The molecule has 26 aromatic rings. The standard InChI is InChI=1S/C70H47N3O.C54H34N2O2/c1-2-47-20-19-22-48(40-47)49-34-38-66-63(41-49)64-43-55(36-39-67(64)73(66)54-29-13-6-14-30-54)72(53-27-11-5-12-28-53)57-44-65(62-42-50-21-15-16-31-58(50)59-32-17-18-33-60(59)62)70-61-37-35-56(45-68(61)74-69(70)46-57)71(51-23-7-3-8-24-51)52-25-9-4-10-26-52;1-3-13-35(14-4-1)55(36-15-5-2-6-16-36)39-24-28-47-48-29-25-40(34-54(48)58-53(47)33-39)56(38-26-30-52-50(32-38)46-21-11-12-22-51(46)57-52)37-23-27-45-43-19-8-7-17-41(43)42-18-9-10-20-44(42)49(45)31-37/h2-46H,1H2;1-34H. The Morgan fingerprint density at radius 2 is 0.545 bits per heavy atom. The Hall–Kier alpha value is -17.7. The predicted molar refractivity (Wildman–Crippen MR) is 556 cm³/mol. The van der Waals surface area contributed by atoms with E-state index >= 15 is 0 Å². The van der Waals surface area contributed by atoms with Crippen molar-refractivity contribution >= 4 is 216 Å². The Labute approximate surface area is 761 Å². The third-order valence-electron chi connectivity index (χ3n) is 26.2. The Balaban J connectivity index is 0.000000146. The number of hydrogen-bond acceptors (Lipinski definition) is 7. The lowest BCUT2D eigenvalue weighted by Crippen LogP contribution is -2.10. The molecular weight excluding hydrogens is 1610 g/mol. The number of hydrogen-bond donors (Lipinski definition) is 0. The molecule has 0 unspecified atom stereocenters. The molecule has 8 heteroatoms. The van der Waals surface area contributed by atoms with E-state index in [4.69, 9.17) is 13.3 Å². The second kappa shape index (κ2) is 32.0. The Kier molecular flexibility index (Phi) is 18.6. The zero-order valence-corrected chi connectivity index (χ0v) is 71.8. The summed E-state index contributed by atoms with van der Waals surface area (Å²) in [6, 6.07) is 169. The molecule has 4 heterocycles. The predicted octanol–water partition coefficient (Wildman–Crippen LogP) is 35.8. The van der Waals surface area contributed by atoms with Gasteiger partial charge in [-0.15, -0.1) is 0 Å². The minimum atomic E-state index is 0.807. The molecule has 620 valence electrons. The fourth-order valence-corrected chi connectivity index (χ4v) is 20.3. The van der Waals surface area contributed by atoms with E-state index in [2.05, 4.69) is 480 Å². The molecule has 0 saturated heterocycles. The van der Waals surface area contributed by atoms with Crippen LogP contribution in [0.5, 0.6) is 0 Å². The maximum atomic E-state index is 7.23. The number of rotatable bonds is 16. The smallest absolute Gasteiger partial charge is 0.138 e. The fourth-order valence-electron chi connectivity index (χ4n) is 20.3. The first-order chi connectivity index (χ1) is 65.4. The third-order valence-corrected chi connectivity index (χ3v) is 26.2. The van der Waals surface area contributed by atoms with E-state index in [1.54, 1.807) is 0 Å². The van der Waals surface area contributed by atoms with Crippen LogP contribution in [0.3, 0.4) is 0 Å². The van der Waals surface area contributed by atoms with E-state index in [1.165, 1.54) is 59.2 Å². The molecule has 0 spiro atoms. The van der Waals surface area contributed by atoms with Crippen LogP contribution in [-0.2, 0) is 0 Å². The van der Waals surface area contributed by atoms with Gasteiger partial charge < -0.3 is 37.4 Å². The van der Waals surface area contributed by atoms with Crippen molar-refractivity contribution in [2.24, 2.45) is 0 Å². The Morgan fingerprint density at radius 3 is 1.11 bits per heavy atom. The van der Waals surface area contributed by atoms with Gasteiger partial charge in [-0.2, -0.15) is 0 Å². The number of nitrogens with zero attached hydrogens (tertiary/aromatic N) is 5. The molecule has 8 nitrogen and oxygen atoms in total. The van der Waals surface area contributed by atoms with Crippen LogP contribution in [0.1, 0.15) is 5.56 Å². The van der Waals surface area contributed by atoms with Crippen molar-refractivity contribution in [1.29, 1.82) is 0 Å². The van der Waals surface area contributed by atoms with E-state index < -0.39 is 0 Å². The van der Waals surface area contributed by atoms with Gasteiger partial charge in [-0.3, -0.25) is 0 Å². The van der Waals surface area contributed by atoms with Gasteiger partial charge in [-0.25, -0.2) is 0 Å². The van der Waals surface area contributed by atoms with Gasteiger partial charge in [0.2, 0.25) is 0 Å². The zero-order valence-electron chi connectivity index (χ0n) is 71.8. The molecule has 0 amide bonds. The summed E-state index contributed by atoms with van der Waals surface area (Å²) < 4.78 is 22.7. The van der Waals surface area contributed by atoms with Gasteiger partial charge >= 0.3 is 0 Å². The number of aromatic nitrogens is 1. The minimum Gasteiger partial charge on any atom is -0.456 e. The second-order valence-electron chi connectivity index (χ2n) is 33.9. The highest BCUT2D eigenvalue weighted by Gasteiger charge is 2.27.